The van der Waals surface area contributed by atoms with E-state index in [0.29, 0.717) is 12.2 Å². The van der Waals surface area contributed by atoms with E-state index in [1.807, 2.05) is 12.1 Å². The van der Waals surface area contributed by atoms with Gasteiger partial charge in [-0.2, -0.15) is 0 Å². The third-order valence-corrected chi connectivity index (χ3v) is 2.53. The van der Waals surface area contributed by atoms with E-state index < -0.39 is 0 Å². The molecule has 0 unspecified atom stereocenters. The molecule has 1 aromatic carbocycles. The highest BCUT2D eigenvalue weighted by atomic mass is 127. The van der Waals surface area contributed by atoms with Gasteiger partial charge in [-0.15, -0.1) is 0 Å². The number of carbonyl (C=O) groups is 1. The minimum absolute atomic E-state index is 0.227. The van der Waals surface area contributed by atoms with E-state index >= 15 is 0 Å². The van der Waals surface area contributed by atoms with Crippen molar-refractivity contribution in [3.63, 3.8) is 0 Å². The molecule has 0 aliphatic carbocycles. The molecular formula is C11H13IO2. The number of hydrogen-bond acceptors (Lipinski definition) is 2. The quantitative estimate of drug-likeness (QED) is 0.485. The number of carbonyl (C=O) groups excluding carboxylic acids is 1. The second kappa shape index (κ2) is 6.01. The van der Waals surface area contributed by atoms with Crippen LogP contribution in [0.4, 0.5) is 0 Å². The molecule has 0 aliphatic rings. The van der Waals surface area contributed by atoms with Gasteiger partial charge in [0.25, 0.3) is 0 Å². The van der Waals surface area contributed by atoms with Gasteiger partial charge in [0.2, 0.25) is 0 Å². The summed E-state index contributed by atoms with van der Waals surface area (Å²) in [6.07, 6.45) is 1.97. The molecule has 3 heteroatoms. The monoisotopic (exact) mass is 304 g/mol. The van der Waals surface area contributed by atoms with Gasteiger partial charge in [-0.05, 0) is 53.3 Å². The van der Waals surface area contributed by atoms with Gasteiger partial charge >= 0.3 is 5.97 Å². The summed E-state index contributed by atoms with van der Waals surface area (Å²) in [5, 5.41) is 0. The second-order valence-electron chi connectivity index (χ2n) is 3.00. The Morgan fingerprint density at radius 3 is 2.57 bits per heavy atom. The van der Waals surface area contributed by atoms with E-state index in [2.05, 4.69) is 29.5 Å². The van der Waals surface area contributed by atoms with Crippen molar-refractivity contribution in [1.82, 2.24) is 0 Å². The van der Waals surface area contributed by atoms with Crippen LogP contribution >= 0.6 is 22.6 Å². The minimum atomic E-state index is -0.227. The molecule has 0 spiro atoms. The normalized spacial score (nSPS) is 9.86. The molecule has 1 rings (SSSR count). The molecule has 0 saturated carbocycles. The zero-order valence-corrected chi connectivity index (χ0v) is 10.3. The Morgan fingerprint density at radius 2 is 2.00 bits per heavy atom. The lowest BCUT2D eigenvalue weighted by atomic mass is 10.2. The van der Waals surface area contributed by atoms with Gasteiger partial charge < -0.3 is 4.74 Å². The average Bonchev–Trinajstić information content (AvgIpc) is 2.19. The Kier molecular flexibility index (Phi) is 4.93. The zero-order chi connectivity index (χ0) is 10.4. The topological polar surface area (TPSA) is 26.3 Å². The van der Waals surface area contributed by atoms with Crippen LogP contribution in [0.5, 0.6) is 0 Å². The fourth-order valence-corrected chi connectivity index (χ4v) is 1.34. The maximum absolute atomic E-state index is 11.4. The van der Waals surface area contributed by atoms with Gasteiger partial charge in [0.05, 0.1) is 12.2 Å². The van der Waals surface area contributed by atoms with E-state index in [-0.39, 0.29) is 5.97 Å². The van der Waals surface area contributed by atoms with Crippen LogP contribution in [0.3, 0.4) is 0 Å². The van der Waals surface area contributed by atoms with E-state index in [1.54, 1.807) is 12.1 Å². The molecule has 0 atom stereocenters. The van der Waals surface area contributed by atoms with Gasteiger partial charge in [-0.1, -0.05) is 13.3 Å². The SMILES string of the molecule is CCCCOC(=O)c1ccc(I)cc1. The summed E-state index contributed by atoms with van der Waals surface area (Å²) >= 11 is 2.20. The molecular weight excluding hydrogens is 291 g/mol. The first-order valence-corrected chi connectivity index (χ1v) is 5.74. The maximum Gasteiger partial charge on any atom is 0.338 e. The molecule has 1 aromatic rings. The summed E-state index contributed by atoms with van der Waals surface area (Å²) in [6.45, 7) is 2.58. The summed E-state index contributed by atoms with van der Waals surface area (Å²) < 4.78 is 6.19. The molecule has 0 bridgehead atoms. The number of halogens is 1. The van der Waals surface area contributed by atoms with Crippen molar-refractivity contribution in [2.75, 3.05) is 6.61 Å². The lowest BCUT2D eigenvalue weighted by molar-refractivity contribution is 0.0500. The van der Waals surface area contributed by atoms with E-state index in [1.165, 1.54) is 0 Å². The highest BCUT2D eigenvalue weighted by Gasteiger charge is 2.05. The Hall–Kier alpha value is -0.580. The van der Waals surface area contributed by atoms with Gasteiger partial charge in [-0.3, -0.25) is 0 Å². The van der Waals surface area contributed by atoms with Crippen molar-refractivity contribution in [3.05, 3.63) is 33.4 Å². The number of rotatable bonds is 4. The first-order chi connectivity index (χ1) is 6.74. The summed E-state index contributed by atoms with van der Waals surface area (Å²) in [5.41, 5.74) is 0.626. The molecule has 0 aromatic heterocycles. The molecule has 0 fully saturated rings. The summed E-state index contributed by atoms with van der Waals surface area (Å²) in [7, 11) is 0. The van der Waals surface area contributed by atoms with E-state index in [0.717, 1.165) is 16.4 Å². The summed E-state index contributed by atoms with van der Waals surface area (Å²) in [5.74, 6) is -0.227. The molecule has 0 radical (unpaired) electrons. The fourth-order valence-electron chi connectivity index (χ4n) is 0.979. The van der Waals surface area contributed by atoms with Crippen molar-refractivity contribution in [3.8, 4) is 0 Å². The van der Waals surface area contributed by atoms with Crippen LogP contribution in [-0.4, -0.2) is 12.6 Å². The number of hydrogen-bond donors (Lipinski definition) is 0. The van der Waals surface area contributed by atoms with Gasteiger partial charge in [0.15, 0.2) is 0 Å². The first kappa shape index (κ1) is 11.5. The highest BCUT2D eigenvalue weighted by molar-refractivity contribution is 14.1. The molecule has 76 valence electrons. The number of unbranched alkanes of at least 4 members (excludes halogenated alkanes) is 1. The van der Waals surface area contributed by atoms with E-state index in [4.69, 9.17) is 4.74 Å². The molecule has 0 amide bonds. The lowest BCUT2D eigenvalue weighted by Crippen LogP contribution is -2.05. The Labute approximate surface area is 97.8 Å². The number of ether oxygens (including phenoxy) is 1. The lowest BCUT2D eigenvalue weighted by Gasteiger charge is -2.03. The van der Waals surface area contributed by atoms with Crippen molar-refractivity contribution in [1.29, 1.82) is 0 Å². The smallest absolute Gasteiger partial charge is 0.338 e. The Morgan fingerprint density at radius 1 is 1.36 bits per heavy atom. The minimum Gasteiger partial charge on any atom is -0.462 e. The Balaban J connectivity index is 2.48. The van der Waals surface area contributed by atoms with Crippen molar-refractivity contribution in [2.24, 2.45) is 0 Å². The van der Waals surface area contributed by atoms with Crippen molar-refractivity contribution >= 4 is 28.6 Å². The number of esters is 1. The third kappa shape index (κ3) is 3.65. The number of benzene rings is 1. The molecule has 0 N–H and O–H groups in total. The molecule has 0 saturated heterocycles. The maximum atomic E-state index is 11.4. The van der Waals surface area contributed by atoms with Crippen LogP contribution in [0, 0.1) is 3.57 Å². The standard InChI is InChI=1S/C11H13IO2/c1-2-3-8-14-11(13)9-4-6-10(12)7-5-9/h4-7H,2-3,8H2,1H3. The van der Waals surface area contributed by atoms with Crippen LogP contribution in [0.2, 0.25) is 0 Å². The highest BCUT2D eigenvalue weighted by Crippen LogP contribution is 2.08. The van der Waals surface area contributed by atoms with Crippen LogP contribution < -0.4 is 0 Å². The van der Waals surface area contributed by atoms with Crippen molar-refractivity contribution in [2.45, 2.75) is 19.8 Å². The largest absolute Gasteiger partial charge is 0.462 e. The Bertz CT molecular complexity index is 293. The molecule has 0 aliphatic heterocycles. The second-order valence-corrected chi connectivity index (χ2v) is 4.24. The molecule has 14 heavy (non-hydrogen) atoms. The molecule has 2 nitrogen and oxygen atoms in total. The first-order valence-electron chi connectivity index (χ1n) is 4.66. The van der Waals surface area contributed by atoms with E-state index in [9.17, 15) is 4.79 Å². The fraction of sp³-hybridized carbons (Fsp3) is 0.364. The van der Waals surface area contributed by atoms with Crippen LogP contribution in [0.1, 0.15) is 30.1 Å². The van der Waals surface area contributed by atoms with Gasteiger partial charge in [0.1, 0.15) is 0 Å². The average molecular weight is 304 g/mol. The van der Waals surface area contributed by atoms with Gasteiger partial charge in [0, 0.05) is 3.57 Å². The zero-order valence-electron chi connectivity index (χ0n) is 8.13. The summed E-state index contributed by atoms with van der Waals surface area (Å²) in [6, 6.07) is 7.38. The van der Waals surface area contributed by atoms with Crippen LogP contribution in [0.25, 0.3) is 0 Å². The van der Waals surface area contributed by atoms with Crippen LogP contribution in [0.15, 0.2) is 24.3 Å². The van der Waals surface area contributed by atoms with Crippen LogP contribution in [-0.2, 0) is 4.74 Å². The summed E-state index contributed by atoms with van der Waals surface area (Å²) in [4.78, 5) is 11.4. The predicted octanol–water partition coefficient (Wildman–Crippen LogP) is 3.25. The van der Waals surface area contributed by atoms with Crippen molar-refractivity contribution < 1.29 is 9.53 Å². The van der Waals surface area contributed by atoms with Gasteiger partial charge in [-0.25, -0.2) is 4.79 Å². The molecule has 0 heterocycles. The predicted molar refractivity (Wildman–Crippen MR) is 64.3 cm³/mol. The third-order valence-electron chi connectivity index (χ3n) is 1.81.